The number of nitrogens with two attached hydrogens (primary N) is 1. The lowest BCUT2D eigenvalue weighted by Gasteiger charge is -2.33. The number of carbonyl (C=O) groups is 1. The van der Waals surface area contributed by atoms with Gasteiger partial charge in [-0.1, -0.05) is 54.1 Å². The maximum Gasteiger partial charge on any atom is 0.243 e. The van der Waals surface area contributed by atoms with Crippen LogP contribution in [0.1, 0.15) is 11.1 Å². The normalized spacial score (nSPS) is 15.4. The Morgan fingerprint density at radius 1 is 1.06 bits per heavy atom. The molecule has 0 unspecified atom stereocenters. The first-order valence-corrected chi connectivity index (χ1v) is 11.5. The minimum Gasteiger partial charge on any atom is -0.384 e. The van der Waals surface area contributed by atoms with E-state index in [1.807, 2.05) is 12.1 Å². The quantitative estimate of drug-likeness (QED) is 0.454. The van der Waals surface area contributed by atoms with Crippen LogP contribution < -0.4 is 5.73 Å². The number of fused-ring (bicyclic) bond motifs is 1. The molecule has 0 bridgehead atoms. The second-order valence-electron chi connectivity index (χ2n) is 7.39. The van der Waals surface area contributed by atoms with Crippen molar-refractivity contribution in [2.75, 3.05) is 19.6 Å². The molecule has 0 spiro atoms. The summed E-state index contributed by atoms with van der Waals surface area (Å²) in [5, 5.41) is 9.51. The Morgan fingerprint density at radius 2 is 1.81 bits per heavy atom. The minimum atomic E-state index is -3.81. The molecule has 3 N–H and O–H groups in total. The number of sulfonamides is 1. The lowest BCUT2D eigenvalue weighted by molar-refractivity contribution is -0.134. The Hall–Kier alpha value is -2.94. The summed E-state index contributed by atoms with van der Waals surface area (Å²) in [4.78, 5) is 14.4. The number of nitrogens with zero attached hydrogens (tertiary/aromatic N) is 2. The van der Waals surface area contributed by atoms with Crippen molar-refractivity contribution in [2.45, 2.75) is 11.4 Å². The standard InChI is InChI=1S/C22H21ClN4O3S/c23-20-3-1-2-17-12-18(8-9-19(17)20)31(29,30)27-11-10-26(21(28)14-27)13-15-4-6-16(7-5-15)22(24)25/h1-9,12H,10-11,13-14H2,(H3,24,25). The number of halogens is 1. The van der Waals surface area contributed by atoms with Crippen LogP contribution in [0.2, 0.25) is 5.02 Å². The maximum atomic E-state index is 13.1. The minimum absolute atomic E-state index is 0.0163. The first-order valence-electron chi connectivity index (χ1n) is 9.65. The fraction of sp³-hybridized carbons (Fsp3) is 0.182. The van der Waals surface area contributed by atoms with Crippen molar-refractivity contribution >= 4 is 44.1 Å². The lowest BCUT2D eigenvalue weighted by atomic mass is 10.1. The van der Waals surface area contributed by atoms with E-state index in [2.05, 4.69) is 0 Å². The summed E-state index contributed by atoms with van der Waals surface area (Å²) >= 11 is 6.17. The Kier molecular flexibility index (Phi) is 5.70. The van der Waals surface area contributed by atoms with Gasteiger partial charge in [-0.15, -0.1) is 0 Å². The van der Waals surface area contributed by atoms with Crippen molar-refractivity contribution in [2.24, 2.45) is 5.73 Å². The zero-order valence-corrected chi connectivity index (χ0v) is 18.2. The summed E-state index contributed by atoms with van der Waals surface area (Å²) in [6.45, 7) is 0.680. The number of amidine groups is 1. The molecule has 0 aliphatic carbocycles. The highest BCUT2D eigenvalue weighted by molar-refractivity contribution is 7.89. The van der Waals surface area contributed by atoms with Crippen molar-refractivity contribution in [1.29, 1.82) is 5.41 Å². The molecule has 1 amide bonds. The highest BCUT2D eigenvalue weighted by atomic mass is 35.5. The third-order valence-corrected chi connectivity index (χ3v) is 7.53. The average molecular weight is 457 g/mol. The highest BCUT2D eigenvalue weighted by Crippen LogP contribution is 2.27. The number of piperazine rings is 1. The van der Waals surface area contributed by atoms with E-state index < -0.39 is 10.0 Å². The molecule has 1 aliphatic rings. The van der Waals surface area contributed by atoms with Crippen molar-refractivity contribution in [1.82, 2.24) is 9.21 Å². The van der Waals surface area contributed by atoms with Gasteiger partial charge in [0.1, 0.15) is 5.84 Å². The molecule has 1 heterocycles. The smallest absolute Gasteiger partial charge is 0.243 e. The zero-order valence-electron chi connectivity index (χ0n) is 16.6. The first kappa shape index (κ1) is 21.3. The SMILES string of the molecule is N=C(N)c1ccc(CN2CCN(S(=O)(=O)c3ccc4c(Cl)cccc4c3)CC2=O)cc1. The van der Waals surface area contributed by atoms with Crippen LogP contribution >= 0.6 is 11.6 Å². The van der Waals surface area contributed by atoms with Gasteiger partial charge in [-0.25, -0.2) is 8.42 Å². The molecule has 7 nitrogen and oxygen atoms in total. The number of benzene rings is 3. The van der Waals surface area contributed by atoms with E-state index in [9.17, 15) is 13.2 Å². The van der Waals surface area contributed by atoms with E-state index in [1.165, 1.54) is 10.4 Å². The molecule has 31 heavy (non-hydrogen) atoms. The van der Waals surface area contributed by atoms with E-state index in [0.717, 1.165) is 16.3 Å². The number of hydrogen-bond acceptors (Lipinski definition) is 4. The predicted octanol–water partition coefficient (Wildman–Crippen LogP) is 2.81. The fourth-order valence-electron chi connectivity index (χ4n) is 3.60. The molecule has 4 rings (SSSR count). The molecular weight excluding hydrogens is 436 g/mol. The number of carbonyl (C=O) groups excluding carboxylic acids is 1. The van der Waals surface area contributed by atoms with Gasteiger partial charge in [0.25, 0.3) is 0 Å². The molecule has 160 valence electrons. The Balaban J connectivity index is 1.48. The van der Waals surface area contributed by atoms with E-state index in [1.54, 1.807) is 47.4 Å². The zero-order chi connectivity index (χ0) is 22.2. The fourth-order valence-corrected chi connectivity index (χ4v) is 5.26. The van der Waals surface area contributed by atoms with Crippen molar-refractivity contribution in [3.05, 3.63) is 76.8 Å². The molecule has 0 atom stereocenters. The van der Waals surface area contributed by atoms with Gasteiger partial charge in [0.05, 0.1) is 11.4 Å². The largest absolute Gasteiger partial charge is 0.384 e. The molecule has 0 aromatic heterocycles. The van der Waals surface area contributed by atoms with Crippen LogP contribution in [0.25, 0.3) is 10.8 Å². The van der Waals surface area contributed by atoms with Crippen molar-refractivity contribution in [3.63, 3.8) is 0 Å². The second-order valence-corrected chi connectivity index (χ2v) is 9.73. The van der Waals surface area contributed by atoms with Gasteiger partial charge in [-0.05, 0) is 29.1 Å². The van der Waals surface area contributed by atoms with Gasteiger partial charge in [0.2, 0.25) is 15.9 Å². The summed E-state index contributed by atoms with van der Waals surface area (Å²) in [5.41, 5.74) is 6.97. The maximum absolute atomic E-state index is 13.1. The predicted molar refractivity (Wildman–Crippen MR) is 121 cm³/mol. The summed E-state index contributed by atoms with van der Waals surface area (Å²) < 4.78 is 27.5. The van der Waals surface area contributed by atoms with Crippen LogP contribution in [-0.4, -0.2) is 49.0 Å². The van der Waals surface area contributed by atoms with E-state index in [4.69, 9.17) is 22.7 Å². The summed E-state index contributed by atoms with van der Waals surface area (Å²) in [7, 11) is -3.81. The van der Waals surface area contributed by atoms with Crippen molar-refractivity contribution < 1.29 is 13.2 Å². The molecule has 9 heteroatoms. The van der Waals surface area contributed by atoms with Gasteiger partial charge in [0.15, 0.2) is 0 Å². The molecule has 1 saturated heterocycles. The van der Waals surface area contributed by atoms with Crippen molar-refractivity contribution in [3.8, 4) is 0 Å². The third kappa shape index (κ3) is 4.27. The molecule has 1 aliphatic heterocycles. The molecule has 3 aromatic carbocycles. The number of amides is 1. The van der Waals surface area contributed by atoms with Gasteiger partial charge < -0.3 is 10.6 Å². The van der Waals surface area contributed by atoms with Crippen LogP contribution in [0.4, 0.5) is 0 Å². The summed E-state index contributed by atoms with van der Waals surface area (Å²) in [6.07, 6.45) is 0. The molecule has 1 fully saturated rings. The van der Waals surface area contributed by atoms with Crippen LogP contribution in [0.15, 0.2) is 65.6 Å². The summed E-state index contributed by atoms with van der Waals surface area (Å²) in [5.74, 6) is -0.272. The highest BCUT2D eigenvalue weighted by Gasteiger charge is 2.33. The van der Waals surface area contributed by atoms with Gasteiger partial charge >= 0.3 is 0 Å². The third-order valence-electron chi connectivity index (χ3n) is 5.36. The van der Waals surface area contributed by atoms with Gasteiger partial charge in [-0.3, -0.25) is 10.2 Å². The Labute approximate surface area is 185 Å². The number of hydrogen-bond donors (Lipinski definition) is 2. The van der Waals surface area contributed by atoms with E-state index in [0.29, 0.717) is 23.7 Å². The van der Waals surface area contributed by atoms with E-state index >= 15 is 0 Å². The molecule has 0 saturated carbocycles. The van der Waals surface area contributed by atoms with E-state index in [-0.39, 0.29) is 29.7 Å². The monoisotopic (exact) mass is 456 g/mol. The number of nitrogen functional groups attached to an aromatic ring is 1. The van der Waals surface area contributed by atoms with Crippen LogP contribution in [0, 0.1) is 5.41 Å². The first-order chi connectivity index (χ1) is 14.8. The average Bonchev–Trinajstić information content (AvgIpc) is 2.75. The summed E-state index contributed by atoms with van der Waals surface area (Å²) in [6, 6.07) is 17.2. The second kappa shape index (κ2) is 8.30. The number of nitrogens with one attached hydrogen (secondary N) is 1. The molecule has 0 radical (unpaired) electrons. The molecule has 3 aromatic rings. The lowest BCUT2D eigenvalue weighted by Crippen LogP contribution is -2.51. The van der Waals surface area contributed by atoms with Crippen LogP contribution in [0.5, 0.6) is 0 Å². The molecular formula is C22H21ClN4O3S. The van der Waals surface area contributed by atoms with Crippen LogP contribution in [-0.2, 0) is 21.4 Å². The Morgan fingerprint density at radius 3 is 2.48 bits per heavy atom. The topological polar surface area (TPSA) is 108 Å². The number of rotatable bonds is 5. The van der Waals surface area contributed by atoms with Gasteiger partial charge in [-0.2, -0.15) is 4.31 Å². The van der Waals surface area contributed by atoms with Gasteiger partial charge in [0, 0.05) is 35.6 Å². The van der Waals surface area contributed by atoms with Crippen LogP contribution in [0.3, 0.4) is 0 Å². The Bertz CT molecular complexity index is 1280.